The molecule has 0 aromatic carbocycles. The smallest absolute Gasteiger partial charge is 0.325 e. The second kappa shape index (κ2) is 7.24. The van der Waals surface area contributed by atoms with Gasteiger partial charge >= 0.3 is 5.97 Å². The third-order valence-corrected chi connectivity index (χ3v) is 3.06. The minimum absolute atomic E-state index is 0.0889. The van der Waals surface area contributed by atoms with Crippen LogP contribution in [0.3, 0.4) is 0 Å². The molecule has 1 aromatic rings. The van der Waals surface area contributed by atoms with Gasteiger partial charge in [0, 0.05) is 17.3 Å². The first-order valence-corrected chi connectivity index (χ1v) is 6.81. The first kappa shape index (κ1) is 16.4. The first-order valence-electron chi connectivity index (χ1n) is 6.43. The maximum atomic E-state index is 12.5. The number of hydrogen-bond acceptors (Lipinski definition) is 4. The number of carbonyl (C=O) groups excluding carboxylic acids is 2. The maximum Gasteiger partial charge on any atom is 0.325 e. The van der Waals surface area contributed by atoms with Gasteiger partial charge in [-0.3, -0.25) is 9.59 Å². The number of methoxy groups -OCH3 is 1. The monoisotopic (exact) mass is 298 g/mol. The van der Waals surface area contributed by atoms with E-state index in [4.69, 9.17) is 11.6 Å². The average molecular weight is 299 g/mol. The van der Waals surface area contributed by atoms with Gasteiger partial charge in [-0.15, -0.1) is 0 Å². The van der Waals surface area contributed by atoms with Crippen molar-refractivity contribution in [2.75, 3.05) is 13.7 Å². The maximum absolute atomic E-state index is 12.5. The molecule has 0 radical (unpaired) electrons. The lowest BCUT2D eigenvalue weighted by Gasteiger charge is -2.25. The number of esters is 1. The summed E-state index contributed by atoms with van der Waals surface area (Å²) in [7, 11) is 1.30. The summed E-state index contributed by atoms with van der Waals surface area (Å²) in [6.07, 6.45) is 0.680. The van der Waals surface area contributed by atoms with Crippen molar-refractivity contribution in [3.63, 3.8) is 0 Å². The molecule has 6 heteroatoms. The Balaban J connectivity index is 3.06. The standard InChI is InChI=1S/C14H19ClN2O3/c1-5-11-6-10(7-12(15)16-11)14(19)17(9(2)3)8-13(18)20-4/h6-7,9H,5,8H2,1-4H3. The van der Waals surface area contributed by atoms with Crippen LogP contribution in [-0.4, -0.2) is 41.5 Å². The number of rotatable bonds is 5. The van der Waals surface area contributed by atoms with Crippen LogP contribution in [0.2, 0.25) is 5.15 Å². The van der Waals surface area contributed by atoms with Crippen LogP contribution in [-0.2, 0) is 16.0 Å². The highest BCUT2D eigenvalue weighted by atomic mass is 35.5. The molecule has 1 rings (SSSR count). The lowest BCUT2D eigenvalue weighted by Crippen LogP contribution is -2.41. The topological polar surface area (TPSA) is 59.5 Å². The van der Waals surface area contributed by atoms with Gasteiger partial charge in [0.1, 0.15) is 11.7 Å². The van der Waals surface area contributed by atoms with Crippen molar-refractivity contribution >= 4 is 23.5 Å². The van der Waals surface area contributed by atoms with Gasteiger partial charge in [0.05, 0.1) is 7.11 Å². The van der Waals surface area contributed by atoms with Gasteiger partial charge < -0.3 is 9.64 Å². The Bertz CT molecular complexity index is 503. The fraction of sp³-hybridized carbons (Fsp3) is 0.500. The molecule has 20 heavy (non-hydrogen) atoms. The molecule has 0 aliphatic carbocycles. The van der Waals surface area contributed by atoms with E-state index >= 15 is 0 Å². The molecule has 5 nitrogen and oxygen atoms in total. The summed E-state index contributed by atoms with van der Waals surface area (Å²) in [5.74, 6) is -0.715. The highest BCUT2D eigenvalue weighted by molar-refractivity contribution is 6.29. The van der Waals surface area contributed by atoms with E-state index in [1.54, 1.807) is 6.07 Å². The van der Waals surface area contributed by atoms with Crippen molar-refractivity contribution in [3.8, 4) is 0 Å². The molecule has 0 bridgehead atoms. The molecule has 0 atom stereocenters. The number of ether oxygens (including phenoxy) is 1. The van der Waals surface area contributed by atoms with Crippen molar-refractivity contribution < 1.29 is 14.3 Å². The van der Waals surface area contributed by atoms with Crippen molar-refractivity contribution in [2.24, 2.45) is 0 Å². The minimum Gasteiger partial charge on any atom is -0.468 e. The zero-order chi connectivity index (χ0) is 15.3. The van der Waals surface area contributed by atoms with Crippen LogP contribution in [0.15, 0.2) is 12.1 Å². The van der Waals surface area contributed by atoms with Gasteiger partial charge in [-0.05, 0) is 32.4 Å². The van der Waals surface area contributed by atoms with E-state index < -0.39 is 5.97 Å². The van der Waals surface area contributed by atoms with Gasteiger partial charge in [0.2, 0.25) is 0 Å². The highest BCUT2D eigenvalue weighted by Gasteiger charge is 2.22. The van der Waals surface area contributed by atoms with Crippen LogP contribution in [0.5, 0.6) is 0 Å². The first-order chi connectivity index (χ1) is 9.38. The number of amides is 1. The van der Waals surface area contributed by atoms with Crippen molar-refractivity contribution in [1.29, 1.82) is 0 Å². The van der Waals surface area contributed by atoms with Crippen LogP contribution in [0, 0.1) is 0 Å². The molecular formula is C14H19ClN2O3. The molecule has 110 valence electrons. The van der Waals surface area contributed by atoms with Gasteiger partial charge in [0.15, 0.2) is 0 Å². The van der Waals surface area contributed by atoms with Crippen LogP contribution in [0.25, 0.3) is 0 Å². The Morgan fingerprint density at radius 1 is 1.40 bits per heavy atom. The zero-order valence-electron chi connectivity index (χ0n) is 12.1. The average Bonchev–Trinajstić information content (AvgIpc) is 2.42. The normalized spacial score (nSPS) is 10.5. The van der Waals surface area contributed by atoms with Crippen LogP contribution in [0.1, 0.15) is 36.8 Å². The van der Waals surface area contributed by atoms with Crippen molar-refractivity contribution in [1.82, 2.24) is 9.88 Å². The van der Waals surface area contributed by atoms with Crippen LogP contribution < -0.4 is 0 Å². The van der Waals surface area contributed by atoms with Crippen LogP contribution >= 0.6 is 11.6 Å². The van der Waals surface area contributed by atoms with Gasteiger partial charge in [-0.1, -0.05) is 18.5 Å². The number of aromatic nitrogens is 1. The van der Waals surface area contributed by atoms with E-state index in [1.807, 2.05) is 20.8 Å². The molecule has 0 fully saturated rings. The van der Waals surface area contributed by atoms with E-state index in [0.29, 0.717) is 12.0 Å². The molecule has 1 heterocycles. The number of pyridine rings is 1. The highest BCUT2D eigenvalue weighted by Crippen LogP contribution is 2.15. The summed E-state index contributed by atoms with van der Waals surface area (Å²) in [4.78, 5) is 29.4. The number of hydrogen-bond donors (Lipinski definition) is 0. The lowest BCUT2D eigenvalue weighted by molar-refractivity contribution is -0.141. The number of halogens is 1. The van der Waals surface area contributed by atoms with Crippen molar-refractivity contribution in [2.45, 2.75) is 33.2 Å². The number of nitrogens with zero attached hydrogens (tertiary/aromatic N) is 2. The van der Waals surface area contributed by atoms with Crippen LogP contribution in [0.4, 0.5) is 0 Å². The summed E-state index contributed by atoms with van der Waals surface area (Å²) in [5, 5.41) is 0.273. The van der Waals surface area contributed by atoms with Gasteiger partial charge in [-0.25, -0.2) is 4.98 Å². The van der Waals surface area contributed by atoms with E-state index in [9.17, 15) is 9.59 Å². The molecule has 1 amide bonds. The predicted octanol–water partition coefficient (Wildman–Crippen LogP) is 2.32. The predicted molar refractivity (Wildman–Crippen MR) is 76.8 cm³/mol. The molecule has 0 spiro atoms. The Morgan fingerprint density at radius 3 is 2.55 bits per heavy atom. The third kappa shape index (κ3) is 4.20. The largest absolute Gasteiger partial charge is 0.468 e. The quantitative estimate of drug-likeness (QED) is 0.618. The summed E-state index contributed by atoms with van der Waals surface area (Å²) in [6, 6.07) is 3.08. The molecule has 0 N–H and O–H groups in total. The summed E-state index contributed by atoms with van der Waals surface area (Å²) >= 11 is 5.92. The summed E-state index contributed by atoms with van der Waals surface area (Å²) < 4.78 is 4.61. The van der Waals surface area contributed by atoms with Gasteiger partial charge in [0.25, 0.3) is 5.91 Å². The third-order valence-electron chi connectivity index (χ3n) is 2.87. The molecule has 0 saturated carbocycles. The lowest BCUT2D eigenvalue weighted by atomic mass is 10.1. The molecule has 0 saturated heterocycles. The molecular weight excluding hydrogens is 280 g/mol. The number of aryl methyl sites for hydroxylation is 1. The SMILES string of the molecule is CCc1cc(C(=O)N(CC(=O)OC)C(C)C)cc(Cl)n1. The number of carbonyl (C=O) groups is 2. The van der Waals surface area contributed by atoms with E-state index in [0.717, 1.165) is 5.69 Å². The van der Waals surface area contributed by atoms with Gasteiger partial charge in [-0.2, -0.15) is 0 Å². The summed E-state index contributed by atoms with van der Waals surface area (Å²) in [5.41, 5.74) is 1.17. The Kier molecular flexibility index (Phi) is 5.95. The summed E-state index contributed by atoms with van der Waals surface area (Å²) in [6.45, 7) is 5.52. The second-order valence-corrected chi connectivity index (χ2v) is 5.01. The molecule has 0 aliphatic rings. The Labute approximate surface area is 123 Å². The van der Waals surface area contributed by atoms with E-state index in [-0.39, 0.29) is 23.6 Å². The Morgan fingerprint density at radius 2 is 2.05 bits per heavy atom. The van der Waals surface area contributed by atoms with Crippen molar-refractivity contribution in [3.05, 3.63) is 28.5 Å². The minimum atomic E-state index is -0.456. The van der Waals surface area contributed by atoms with E-state index in [2.05, 4.69) is 9.72 Å². The fourth-order valence-corrected chi connectivity index (χ4v) is 1.94. The fourth-order valence-electron chi connectivity index (χ4n) is 1.71. The Hall–Kier alpha value is -1.62. The zero-order valence-corrected chi connectivity index (χ0v) is 12.9. The van der Waals surface area contributed by atoms with E-state index in [1.165, 1.54) is 18.1 Å². The molecule has 0 unspecified atom stereocenters. The molecule has 0 aliphatic heterocycles. The molecule has 1 aromatic heterocycles. The second-order valence-electron chi connectivity index (χ2n) is 4.63.